The second-order valence-electron chi connectivity index (χ2n) is 6.21. The van der Waals surface area contributed by atoms with Gasteiger partial charge in [0.25, 0.3) is 0 Å². The zero-order chi connectivity index (χ0) is 17.8. The van der Waals surface area contributed by atoms with Crippen molar-refractivity contribution in [3.05, 3.63) is 22.7 Å². The molecule has 1 aromatic rings. The Bertz CT molecular complexity index is 743. The van der Waals surface area contributed by atoms with Gasteiger partial charge in [-0.25, -0.2) is 21.6 Å². The van der Waals surface area contributed by atoms with Gasteiger partial charge in [-0.1, -0.05) is 26.7 Å². The molecule has 0 aliphatic carbocycles. The fourth-order valence-corrected chi connectivity index (χ4v) is 5.13. The Labute approximate surface area is 148 Å². The first kappa shape index (κ1) is 20.6. The van der Waals surface area contributed by atoms with Gasteiger partial charge in [0.1, 0.15) is 0 Å². The van der Waals surface area contributed by atoms with Crippen LogP contribution < -0.4 is 4.72 Å². The maximum Gasteiger partial charge on any atom is 0.241 e. The van der Waals surface area contributed by atoms with Crippen molar-refractivity contribution < 1.29 is 16.8 Å². The summed E-state index contributed by atoms with van der Waals surface area (Å²) in [5, 5.41) is 0. The molecule has 23 heavy (non-hydrogen) atoms. The lowest BCUT2D eigenvalue weighted by Gasteiger charge is -2.16. The van der Waals surface area contributed by atoms with Gasteiger partial charge in [0.15, 0.2) is 9.84 Å². The van der Waals surface area contributed by atoms with Gasteiger partial charge in [0.2, 0.25) is 10.0 Å². The van der Waals surface area contributed by atoms with E-state index in [0.29, 0.717) is 10.4 Å². The normalized spacial score (nSPS) is 14.2. The number of hydrogen-bond donors (Lipinski definition) is 1. The molecule has 0 amide bonds. The number of rotatable bonds is 8. The molecule has 8 heteroatoms. The Morgan fingerprint density at radius 1 is 1.09 bits per heavy atom. The van der Waals surface area contributed by atoms with Gasteiger partial charge in [-0.3, -0.25) is 0 Å². The summed E-state index contributed by atoms with van der Waals surface area (Å²) in [7, 11) is -7.25. The maximum absolute atomic E-state index is 12.5. The fourth-order valence-electron chi connectivity index (χ4n) is 2.14. The highest BCUT2D eigenvalue weighted by molar-refractivity contribution is 9.10. The van der Waals surface area contributed by atoms with Crippen LogP contribution in [0.25, 0.3) is 0 Å². The third-order valence-electron chi connectivity index (χ3n) is 3.40. The molecule has 0 aliphatic rings. The molecule has 0 aromatic heterocycles. The van der Waals surface area contributed by atoms with Crippen LogP contribution >= 0.6 is 15.9 Å². The van der Waals surface area contributed by atoms with E-state index in [0.717, 1.165) is 25.5 Å². The zero-order valence-electron chi connectivity index (χ0n) is 13.8. The number of nitrogens with one attached hydrogen (secondary N) is 1. The zero-order valence-corrected chi connectivity index (χ0v) is 17.1. The molecule has 1 unspecified atom stereocenters. The molecule has 0 aliphatic heterocycles. The smallest absolute Gasteiger partial charge is 0.224 e. The predicted octanol–water partition coefficient (Wildman–Crippen LogP) is 3.35. The molecule has 1 atom stereocenters. The first-order valence-corrected chi connectivity index (χ1v) is 11.6. The fraction of sp³-hybridized carbons (Fsp3) is 0.600. The average molecular weight is 426 g/mol. The van der Waals surface area contributed by atoms with Crippen molar-refractivity contribution in [1.82, 2.24) is 4.72 Å². The van der Waals surface area contributed by atoms with Gasteiger partial charge in [-0.15, -0.1) is 0 Å². The molecule has 5 nitrogen and oxygen atoms in total. The van der Waals surface area contributed by atoms with Crippen molar-refractivity contribution in [3.63, 3.8) is 0 Å². The summed E-state index contributed by atoms with van der Waals surface area (Å²) in [6, 6.07) is 3.79. The first-order valence-electron chi connectivity index (χ1n) is 7.45. The molecule has 0 spiro atoms. The topological polar surface area (TPSA) is 80.3 Å². The molecule has 1 N–H and O–H groups in total. The summed E-state index contributed by atoms with van der Waals surface area (Å²) in [5.41, 5.74) is 0. The van der Waals surface area contributed by atoms with Gasteiger partial charge in [-0.2, -0.15) is 0 Å². The number of sulfone groups is 1. The van der Waals surface area contributed by atoms with Crippen molar-refractivity contribution in [2.75, 3.05) is 6.26 Å². The Morgan fingerprint density at radius 3 is 2.22 bits per heavy atom. The highest BCUT2D eigenvalue weighted by Gasteiger charge is 2.22. The van der Waals surface area contributed by atoms with Crippen LogP contribution in [0.2, 0.25) is 0 Å². The van der Waals surface area contributed by atoms with Gasteiger partial charge >= 0.3 is 0 Å². The molecule has 1 rings (SSSR count). The van der Waals surface area contributed by atoms with Crippen LogP contribution in [0.4, 0.5) is 0 Å². The predicted molar refractivity (Wildman–Crippen MR) is 95.7 cm³/mol. The lowest BCUT2D eigenvalue weighted by molar-refractivity contribution is 0.488. The second kappa shape index (κ2) is 8.09. The van der Waals surface area contributed by atoms with Crippen LogP contribution in [-0.2, 0) is 19.9 Å². The second-order valence-corrected chi connectivity index (χ2v) is 10.8. The lowest BCUT2D eigenvalue weighted by Crippen LogP contribution is -2.33. The van der Waals surface area contributed by atoms with E-state index in [1.54, 1.807) is 0 Å². The van der Waals surface area contributed by atoms with Crippen LogP contribution in [0.3, 0.4) is 0 Å². The van der Waals surface area contributed by atoms with Crippen molar-refractivity contribution in [2.45, 2.75) is 55.9 Å². The summed E-state index contributed by atoms with van der Waals surface area (Å²) < 4.78 is 51.2. The van der Waals surface area contributed by atoms with E-state index in [2.05, 4.69) is 34.5 Å². The number of halogens is 1. The van der Waals surface area contributed by atoms with Crippen LogP contribution in [0.1, 0.15) is 40.0 Å². The molecule has 0 saturated heterocycles. The Balaban J connectivity index is 2.96. The van der Waals surface area contributed by atoms with E-state index in [9.17, 15) is 16.8 Å². The highest BCUT2D eigenvalue weighted by atomic mass is 79.9. The van der Waals surface area contributed by atoms with Crippen molar-refractivity contribution >= 4 is 35.8 Å². The van der Waals surface area contributed by atoms with Crippen molar-refractivity contribution in [2.24, 2.45) is 5.92 Å². The molecule has 0 fully saturated rings. The molecule has 0 saturated carbocycles. The Morgan fingerprint density at radius 2 is 1.70 bits per heavy atom. The molecule has 1 aromatic carbocycles. The number of hydrogen-bond acceptors (Lipinski definition) is 4. The third kappa shape index (κ3) is 6.52. The maximum atomic E-state index is 12.5. The van der Waals surface area contributed by atoms with E-state index in [4.69, 9.17) is 0 Å². The summed E-state index contributed by atoms with van der Waals surface area (Å²) >= 11 is 3.18. The summed E-state index contributed by atoms with van der Waals surface area (Å²) in [6.45, 7) is 6.07. The van der Waals surface area contributed by atoms with Crippen LogP contribution in [0.15, 0.2) is 32.5 Å². The molecule has 0 radical (unpaired) electrons. The van der Waals surface area contributed by atoms with Gasteiger partial charge in [-0.05, 0) is 53.4 Å². The van der Waals surface area contributed by atoms with E-state index in [-0.39, 0.29) is 15.8 Å². The molecule has 0 heterocycles. The molecular formula is C15H24BrNO4S2. The largest absolute Gasteiger partial charge is 0.241 e. The average Bonchev–Trinajstić information content (AvgIpc) is 2.36. The minimum atomic E-state index is -3.78. The van der Waals surface area contributed by atoms with Crippen LogP contribution in [0.5, 0.6) is 0 Å². The van der Waals surface area contributed by atoms with Crippen molar-refractivity contribution in [3.8, 4) is 0 Å². The highest BCUT2D eigenvalue weighted by Crippen LogP contribution is 2.25. The summed E-state index contributed by atoms with van der Waals surface area (Å²) in [6.07, 6.45) is 3.76. The van der Waals surface area contributed by atoms with E-state index >= 15 is 0 Å². The Kier molecular flexibility index (Phi) is 7.25. The standard InChI is InChI=1S/C15H24BrNO4S2/c1-11(2)6-5-7-12(3)17-23(20,21)15-10-13(22(4,18)19)8-9-14(15)16/h8-12,17H,5-7H2,1-4H3. The van der Waals surface area contributed by atoms with E-state index in [1.165, 1.54) is 18.2 Å². The van der Waals surface area contributed by atoms with Gasteiger partial charge in [0, 0.05) is 16.8 Å². The van der Waals surface area contributed by atoms with Crippen molar-refractivity contribution in [1.29, 1.82) is 0 Å². The quantitative estimate of drug-likeness (QED) is 0.692. The minimum absolute atomic E-state index is 0.0199. The summed E-state index contributed by atoms with van der Waals surface area (Å²) in [5.74, 6) is 0.583. The molecule has 132 valence electrons. The van der Waals surface area contributed by atoms with E-state index < -0.39 is 19.9 Å². The third-order valence-corrected chi connectivity index (χ3v) is 7.09. The summed E-state index contributed by atoms with van der Waals surface area (Å²) in [4.78, 5) is -0.0790. The monoisotopic (exact) mass is 425 g/mol. The number of sulfonamides is 1. The lowest BCUT2D eigenvalue weighted by atomic mass is 10.0. The van der Waals surface area contributed by atoms with Crippen LogP contribution in [0, 0.1) is 5.92 Å². The first-order chi connectivity index (χ1) is 10.4. The molecule has 0 bridgehead atoms. The van der Waals surface area contributed by atoms with Crippen LogP contribution in [-0.4, -0.2) is 29.1 Å². The Hall–Kier alpha value is -0.440. The number of benzene rings is 1. The molecular weight excluding hydrogens is 402 g/mol. The van der Waals surface area contributed by atoms with Gasteiger partial charge < -0.3 is 0 Å². The minimum Gasteiger partial charge on any atom is -0.224 e. The SMILES string of the molecule is CC(C)CCCC(C)NS(=O)(=O)c1cc(S(C)(=O)=O)ccc1Br. The van der Waals surface area contributed by atoms with E-state index in [1.807, 2.05) is 6.92 Å². The van der Waals surface area contributed by atoms with Gasteiger partial charge in [0.05, 0.1) is 9.79 Å².